The molecule has 4 heteroatoms. The number of carboxylic acid groups (broad SMARTS) is 1. The third-order valence-corrected chi connectivity index (χ3v) is 4.55. The fraction of sp³-hybridized carbons (Fsp3) is 0.500. The van der Waals surface area contributed by atoms with Crippen molar-refractivity contribution < 1.29 is 14.7 Å². The monoisotopic (exact) mass is 273 g/mol. The van der Waals surface area contributed by atoms with Crippen LogP contribution in [0.1, 0.15) is 29.9 Å². The Labute approximate surface area is 118 Å². The fourth-order valence-corrected chi connectivity index (χ4v) is 3.23. The Morgan fingerprint density at radius 2 is 2.00 bits per heavy atom. The van der Waals surface area contributed by atoms with E-state index in [0.717, 1.165) is 19.5 Å². The molecule has 1 N–H and O–H groups in total. The Balaban J connectivity index is 1.64. The molecule has 0 spiro atoms. The molecule has 2 aliphatic rings. The van der Waals surface area contributed by atoms with Crippen molar-refractivity contribution in [3.8, 4) is 0 Å². The van der Waals surface area contributed by atoms with Crippen LogP contribution >= 0.6 is 0 Å². The first-order chi connectivity index (χ1) is 9.58. The lowest BCUT2D eigenvalue weighted by atomic mass is 9.94. The largest absolute Gasteiger partial charge is 0.481 e. The number of carboxylic acids is 1. The predicted molar refractivity (Wildman–Crippen MR) is 74.3 cm³/mol. The van der Waals surface area contributed by atoms with Crippen molar-refractivity contribution in [3.63, 3.8) is 0 Å². The summed E-state index contributed by atoms with van der Waals surface area (Å²) in [5.41, 5.74) is 2.58. The van der Waals surface area contributed by atoms with E-state index in [2.05, 4.69) is 19.1 Å². The molecule has 1 aromatic rings. The van der Waals surface area contributed by atoms with Crippen molar-refractivity contribution in [3.05, 3.63) is 35.4 Å². The molecule has 1 saturated carbocycles. The van der Waals surface area contributed by atoms with Gasteiger partial charge in [-0.15, -0.1) is 0 Å². The average molecular weight is 273 g/mol. The maximum Gasteiger partial charge on any atom is 0.307 e. The van der Waals surface area contributed by atoms with E-state index in [-0.39, 0.29) is 11.8 Å². The molecule has 1 aliphatic carbocycles. The number of hydrogen-bond acceptors (Lipinski definition) is 2. The molecule has 20 heavy (non-hydrogen) atoms. The molecular formula is C16H19NO3. The number of rotatable bonds is 3. The molecule has 1 amide bonds. The van der Waals surface area contributed by atoms with E-state index in [0.29, 0.717) is 12.3 Å². The second kappa shape index (κ2) is 4.93. The van der Waals surface area contributed by atoms with Gasteiger partial charge in [0.15, 0.2) is 0 Å². The normalized spacial score (nSPS) is 28.4. The van der Waals surface area contributed by atoms with Gasteiger partial charge in [-0.1, -0.05) is 24.3 Å². The molecular weight excluding hydrogens is 254 g/mol. The van der Waals surface area contributed by atoms with Crippen LogP contribution in [0.5, 0.6) is 0 Å². The number of aliphatic carboxylic acids is 1. The molecule has 3 rings (SSSR count). The van der Waals surface area contributed by atoms with Crippen molar-refractivity contribution in [2.75, 3.05) is 13.1 Å². The van der Waals surface area contributed by atoms with Crippen molar-refractivity contribution in [2.45, 2.75) is 25.7 Å². The maximum atomic E-state index is 12.2. The Morgan fingerprint density at radius 3 is 2.65 bits per heavy atom. The summed E-state index contributed by atoms with van der Waals surface area (Å²) in [6.07, 6.45) is 1.49. The zero-order valence-corrected chi connectivity index (χ0v) is 11.6. The van der Waals surface area contributed by atoms with Crippen LogP contribution in [0.4, 0.5) is 0 Å². The van der Waals surface area contributed by atoms with Gasteiger partial charge in [0.1, 0.15) is 0 Å². The molecule has 1 aromatic carbocycles. The second-order valence-corrected chi connectivity index (χ2v) is 5.91. The van der Waals surface area contributed by atoms with Crippen LogP contribution in [0.25, 0.3) is 0 Å². The number of amides is 1. The minimum atomic E-state index is -0.835. The van der Waals surface area contributed by atoms with E-state index in [9.17, 15) is 9.59 Å². The van der Waals surface area contributed by atoms with Crippen LogP contribution in [0, 0.1) is 18.8 Å². The van der Waals surface area contributed by atoms with E-state index in [1.165, 1.54) is 11.1 Å². The molecule has 1 saturated heterocycles. The lowest BCUT2D eigenvalue weighted by molar-refractivity contribution is -0.141. The topological polar surface area (TPSA) is 57.6 Å². The molecule has 1 aliphatic heterocycles. The van der Waals surface area contributed by atoms with Crippen LogP contribution < -0.4 is 0 Å². The van der Waals surface area contributed by atoms with Crippen LogP contribution in [0.3, 0.4) is 0 Å². The van der Waals surface area contributed by atoms with Gasteiger partial charge in [-0.25, -0.2) is 0 Å². The summed E-state index contributed by atoms with van der Waals surface area (Å²) in [5.74, 6) is -1.13. The number of benzene rings is 1. The summed E-state index contributed by atoms with van der Waals surface area (Å²) >= 11 is 0. The smallest absolute Gasteiger partial charge is 0.307 e. The number of nitrogens with zero attached hydrogens (tertiary/aromatic N) is 1. The first-order valence-electron chi connectivity index (χ1n) is 7.15. The second-order valence-electron chi connectivity index (χ2n) is 5.91. The molecule has 2 fully saturated rings. The third kappa shape index (κ3) is 2.30. The molecule has 106 valence electrons. The predicted octanol–water partition coefficient (Wildman–Crippen LogP) is 2.03. The van der Waals surface area contributed by atoms with Gasteiger partial charge in [-0.05, 0) is 30.9 Å². The fourth-order valence-electron chi connectivity index (χ4n) is 3.23. The highest BCUT2D eigenvalue weighted by Gasteiger charge is 2.50. The van der Waals surface area contributed by atoms with Gasteiger partial charge in [0.25, 0.3) is 0 Å². The quantitative estimate of drug-likeness (QED) is 0.916. The molecule has 0 bridgehead atoms. The van der Waals surface area contributed by atoms with Crippen molar-refractivity contribution in [2.24, 2.45) is 11.8 Å². The van der Waals surface area contributed by atoms with Crippen LogP contribution in [0.2, 0.25) is 0 Å². The Bertz CT molecular complexity index is 554. The highest BCUT2D eigenvalue weighted by molar-refractivity contribution is 5.89. The van der Waals surface area contributed by atoms with Gasteiger partial charge in [0.2, 0.25) is 5.91 Å². The standard InChI is InChI=1S/C16H19NO3/c1-10-4-2-3-5-12(10)11-6-7-17(9-11)15(18)13-8-14(13)16(19)20/h2-5,11,13-14H,6-9H2,1H3,(H,19,20)/t11-,13+,14-/m1/s1. The lowest BCUT2D eigenvalue weighted by Crippen LogP contribution is -2.30. The van der Waals surface area contributed by atoms with E-state index in [1.54, 1.807) is 0 Å². The first-order valence-corrected chi connectivity index (χ1v) is 7.15. The highest BCUT2D eigenvalue weighted by Crippen LogP contribution is 2.41. The Kier molecular flexibility index (Phi) is 3.24. The summed E-state index contributed by atoms with van der Waals surface area (Å²) in [4.78, 5) is 24.9. The average Bonchev–Trinajstić information content (AvgIpc) is 3.09. The van der Waals surface area contributed by atoms with Crippen LogP contribution in [-0.4, -0.2) is 35.0 Å². The number of hydrogen-bond donors (Lipinski definition) is 1. The molecule has 0 aromatic heterocycles. The number of carbonyl (C=O) groups excluding carboxylic acids is 1. The third-order valence-electron chi connectivity index (χ3n) is 4.55. The van der Waals surface area contributed by atoms with E-state index < -0.39 is 11.9 Å². The van der Waals surface area contributed by atoms with Crippen LogP contribution in [0.15, 0.2) is 24.3 Å². The summed E-state index contributed by atoms with van der Waals surface area (Å²) in [6, 6.07) is 8.29. The van der Waals surface area contributed by atoms with E-state index in [1.807, 2.05) is 17.0 Å². The van der Waals surface area contributed by atoms with E-state index in [4.69, 9.17) is 5.11 Å². The minimum absolute atomic E-state index is 0.0356. The minimum Gasteiger partial charge on any atom is -0.481 e. The summed E-state index contributed by atoms with van der Waals surface area (Å²) in [5, 5.41) is 8.91. The van der Waals surface area contributed by atoms with Crippen molar-refractivity contribution in [1.29, 1.82) is 0 Å². The summed E-state index contributed by atoms with van der Waals surface area (Å²) in [7, 11) is 0. The number of aryl methyl sites for hydroxylation is 1. The van der Waals surface area contributed by atoms with Crippen molar-refractivity contribution >= 4 is 11.9 Å². The van der Waals surface area contributed by atoms with Gasteiger partial charge >= 0.3 is 5.97 Å². The molecule has 3 atom stereocenters. The lowest BCUT2D eigenvalue weighted by Gasteiger charge is -2.17. The van der Waals surface area contributed by atoms with Crippen LogP contribution in [-0.2, 0) is 9.59 Å². The van der Waals surface area contributed by atoms with Gasteiger partial charge in [-0.2, -0.15) is 0 Å². The zero-order chi connectivity index (χ0) is 14.3. The highest BCUT2D eigenvalue weighted by atomic mass is 16.4. The van der Waals surface area contributed by atoms with Crippen molar-refractivity contribution in [1.82, 2.24) is 4.90 Å². The van der Waals surface area contributed by atoms with E-state index >= 15 is 0 Å². The Hall–Kier alpha value is -1.84. The maximum absolute atomic E-state index is 12.2. The van der Waals surface area contributed by atoms with Gasteiger partial charge in [-0.3, -0.25) is 9.59 Å². The molecule has 4 nitrogen and oxygen atoms in total. The molecule has 0 unspecified atom stereocenters. The number of carbonyl (C=O) groups is 2. The number of likely N-dealkylation sites (tertiary alicyclic amines) is 1. The Morgan fingerprint density at radius 1 is 1.25 bits per heavy atom. The first kappa shape index (κ1) is 13.2. The van der Waals surface area contributed by atoms with Gasteiger partial charge < -0.3 is 10.0 Å². The SMILES string of the molecule is Cc1ccccc1[C@@H]1CCN(C(=O)[C@H]2C[C@H]2C(=O)O)C1. The molecule has 0 radical (unpaired) electrons. The van der Waals surface area contributed by atoms with Gasteiger partial charge in [0.05, 0.1) is 11.8 Å². The zero-order valence-electron chi connectivity index (χ0n) is 11.6. The van der Waals surface area contributed by atoms with Gasteiger partial charge in [0, 0.05) is 19.0 Å². The molecule has 1 heterocycles. The summed E-state index contributed by atoms with van der Waals surface area (Å²) in [6.45, 7) is 3.58. The summed E-state index contributed by atoms with van der Waals surface area (Å²) < 4.78 is 0.